The monoisotopic (exact) mass is 488 g/mol. The second kappa shape index (κ2) is 11.2. The zero-order chi connectivity index (χ0) is 25.0. The van der Waals surface area contributed by atoms with Crippen LogP contribution in [0.4, 0.5) is 0 Å². The van der Waals surface area contributed by atoms with Gasteiger partial charge in [0.1, 0.15) is 11.4 Å². The molecule has 2 saturated carbocycles. The Labute approximate surface area is 215 Å². The van der Waals surface area contributed by atoms with E-state index < -0.39 is 5.60 Å². The van der Waals surface area contributed by atoms with Crippen molar-refractivity contribution in [1.82, 2.24) is 9.78 Å². The number of methoxy groups -OCH3 is 1. The van der Waals surface area contributed by atoms with Crippen LogP contribution in [0, 0.1) is 12.8 Å². The van der Waals surface area contributed by atoms with Crippen LogP contribution in [0.25, 0.3) is 16.9 Å². The first-order chi connectivity index (χ1) is 17.5. The fourth-order valence-electron chi connectivity index (χ4n) is 5.83. The summed E-state index contributed by atoms with van der Waals surface area (Å²) in [6.45, 7) is 2.95. The lowest BCUT2D eigenvalue weighted by Crippen LogP contribution is -2.35. The zero-order valence-electron chi connectivity index (χ0n) is 21.8. The Morgan fingerprint density at radius 1 is 0.944 bits per heavy atom. The van der Waals surface area contributed by atoms with Gasteiger partial charge in [-0.2, -0.15) is 5.10 Å². The van der Waals surface area contributed by atoms with Gasteiger partial charge < -0.3 is 14.6 Å². The number of aromatic nitrogens is 2. The van der Waals surface area contributed by atoms with Crippen LogP contribution < -0.4 is 4.74 Å². The molecule has 2 fully saturated rings. The molecule has 3 aromatic rings. The van der Waals surface area contributed by atoms with Crippen LogP contribution >= 0.6 is 0 Å². The van der Waals surface area contributed by atoms with Gasteiger partial charge in [0.05, 0.1) is 30.3 Å². The van der Waals surface area contributed by atoms with Crippen molar-refractivity contribution in [1.29, 1.82) is 0 Å². The lowest BCUT2D eigenvalue weighted by Gasteiger charge is -2.35. The van der Waals surface area contributed by atoms with E-state index in [9.17, 15) is 5.11 Å². The van der Waals surface area contributed by atoms with E-state index in [1.54, 1.807) is 7.11 Å². The van der Waals surface area contributed by atoms with E-state index in [-0.39, 0.29) is 6.10 Å². The maximum atomic E-state index is 11.7. The highest BCUT2D eigenvalue weighted by atomic mass is 16.5. The van der Waals surface area contributed by atoms with Crippen LogP contribution in [0.15, 0.2) is 54.6 Å². The molecule has 2 aliphatic carbocycles. The molecule has 192 valence electrons. The summed E-state index contributed by atoms with van der Waals surface area (Å²) >= 11 is 0. The highest BCUT2D eigenvalue weighted by Gasteiger charge is 2.38. The van der Waals surface area contributed by atoms with Gasteiger partial charge >= 0.3 is 0 Å². The third kappa shape index (κ3) is 5.68. The van der Waals surface area contributed by atoms with Crippen molar-refractivity contribution in [2.24, 2.45) is 5.92 Å². The lowest BCUT2D eigenvalue weighted by atomic mass is 9.81. The summed E-state index contributed by atoms with van der Waals surface area (Å²) in [5.74, 6) is 1.66. The van der Waals surface area contributed by atoms with E-state index in [4.69, 9.17) is 14.6 Å². The third-order valence-electron chi connectivity index (χ3n) is 8.21. The zero-order valence-corrected chi connectivity index (χ0v) is 21.8. The number of benzene rings is 2. The molecule has 1 N–H and O–H groups in total. The Hall–Kier alpha value is -2.63. The smallest absolute Gasteiger partial charge is 0.119 e. The van der Waals surface area contributed by atoms with Gasteiger partial charge in [0.25, 0.3) is 0 Å². The molecule has 0 atom stereocenters. The quantitative estimate of drug-likeness (QED) is 0.372. The first-order valence-electron chi connectivity index (χ1n) is 13.7. The molecule has 0 amide bonds. The number of nitrogens with zero attached hydrogens (tertiary/aromatic N) is 2. The molecule has 2 aromatic carbocycles. The van der Waals surface area contributed by atoms with Crippen LogP contribution in [-0.2, 0) is 10.3 Å². The van der Waals surface area contributed by atoms with E-state index >= 15 is 0 Å². The minimum Gasteiger partial charge on any atom is -0.497 e. The summed E-state index contributed by atoms with van der Waals surface area (Å²) in [6.07, 6.45) is 11.4. The summed E-state index contributed by atoms with van der Waals surface area (Å²) in [6, 6.07) is 18.5. The maximum Gasteiger partial charge on any atom is 0.119 e. The largest absolute Gasteiger partial charge is 0.497 e. The molecule has 1 heterocycles. The number of ether oxygens (including phenoxy) is 2. The molecule has 5 rings (SSSR count). The number of aliphatic hydroxyl groups is 1. The van der Waals surface area contributed by atoms with Crippen molar-refractivity contribution in [2.45, 2.75) is 82.8 Å². The van der Waals surface area contributed by atoms with E-state index in [2.05, 4.69) is 37.3 Å². The molecule has 0 unspecified atom stereocenters. The van der Waals surface area contributed by atoms with Gasteiger partial charge in [-0.15, -0.1) is 0 Å². The number of hydrogen-bond donors (Lipinski definition) is 1. The molecule has 0 radical (unpaired) electrons. The molecule has 36 heavy (non-hydrogen) atoms. The first-order valence-corrected chi connectivity index (χ1v) is 13.7. The molecule has 2 aliphatic rings. The van der Waals surface area contributed by atoms with Gasteiger partial charge in [0, 0.05) is 12.2 Å². The van der Waals surface area contributed by atoms with Gasteiger partial charge in [0.2, 0.25) is 0 Å². The average molecular weight is 489 g/mol. The topological polar surface area (TPSA) is 56.5 Å². The fraction of sp³-hybridized carbons (Fsp3) is 0.516. The van der Waals surface area contributed by atoms with Crippen LogP contribution in [0.5, 0.6) is 5.75 Å². The Bertz CT molecular complexity index is 1110. The minimum atomic E-state index is -0.930. The lowest BCUT2D eigenvalue weighted by molar-refractivity contribution is -0.0640. The molecule has 1 aromatic heterocycles. The predicted molar refractivity (Wildman–Crippen MR) is 144 cm³/mol. The minimum absolute atomic E-state index is 0.245. The first kappa shape index (κ1) is 25.0. The molecule has 0 bridgehead atoms. The van der Waals surface area contributed by atoms with Crippen LogP contribution in [0.1, 0.15) is 75.5 Å². The van der Waals surface area contributed by atoms with Gasteiger partial charge in [-0.05, 0) is 75.3 Å². The number of rotatable bonds is 8. The predicted octanol–water partition coefficient (Wildman–Crippen LogP) is 6.97. The number of hydrogen-bond acceptors (Lipinski definition) is 4. The molecular weight excluding hydrogens is 448 g/mol. The summed E-state index contributed by atoms with van der Waals surface area (Å²) in [7, 11) is 1.67. The molecule has 0 spiro atoms. The van der Waals surface area contributed by atoms with Crippen molar-refractivity contribution < 1.29 is 14.6 Å². The van der Waals surface area contributed by atoms with Crippen molar-refractivity contribution in [3.05, 3.63) is 65.9 Å². The van der Waals surface area contributed by atoms with Crippen molar-refractivity contribution in [3.8, 4) is 22.7 Å². The SMILES string of the molecule is COc1ccc(-n2nc(C3(O)CCC(OCCC4CCCCC4)CC3)cc2-c2ccc(C)cc2)cc1. The van der Waals surface area contributed by atoms with Crippen molar-refractivity contribution in [2.75, 3.05) is 13.7 Å². The highest BCUT2D eigenvalue weighted by molar-refractivity contribution is 5.63. The van der Waals surface area contributed by atoms with Gasteiger partial charge in [-0.3, -0.25) is 0 Å². The Morgan fingerprint density at radius 2 is 1.64 bits per heavy atom. The van der Waals surface area contributed by atoms with Crippen molar-refractivity contribution >= 4 is 0 Å². The van der Waals surface area contributed by atoms with Crippen molar-refractivity contribution in [3.63, 3.8) is 0 Å². The molecule has 5 heteroatoms. The number of aryl methyl sites for hydroxylation is 1. The van der Waals surface area contributed by atoms with Crippen LogP contribution in [0.2, 0.25) is 0 Å². The van der Waals surface area contributed by atoms with Gasteiger partial charge in [0.15, 0.2) is 0 Å². The Balaban J connectivity index is 1.31. The van der Waals surface area contributed by atoms with E-state index in [0.717, 1.165) is 53.8 Å². The normalized spacial score (nSPS) is 23.0. The molecule has 5 nitrogen and oxygen atoms in total. The average Bonchev–Trinajstić information content (AvgIpc) is 3.37. The molecule has 0 saturated heterocycles. The Kier molecular flexibility index (Phi) is 7.78. The molecule has 0 aliphatic heterocycles. The Morgan fingerprint density at radius 3 is 2.31 bits per heavy atom. The van der Waals surface area contributed by atoms with E-state index in [1.165, 1.54) is 44.1 Å². The fourth-order valence-corrected chi connectivity index (χ4v) is 5.83. The summed E-state index contributed by atoms with van der Waals surface area (Å²) in [5, 5.41) is 16.7. The van der Waals surface area contributed by atoms with Gasteiger partial charge in [-0.25, -0.2) is 4.68 Å². The highest BCUT2D eigenvalue weighted by Crippen LogP contribution is 2.40. The summed E-state index contributed by atoms with van der Waals surface area (Å²) in [5.41, 5.74) is 4.04. The third-order valence-corrected chi connectivity index (χ3v) is 8.21. The van der Waals surface area contributed by atoms with Gasteiger partial charge in [-0.1, -0.05) is 61.9 Å². The van der Waals surface area contributed by atoms with E-state index in [0.29, 0.717) is 12.8 Å². The molecular formula is C31H40N2O3. The second-order valence-corrected chi connectivity index (χ2v) is 10.8. The second-order valence-electron chi connectivity index (χ2n) is 10.8. The summed E-state index contributed by atoms with van der Waals surface area (Å²) < 4.78 is 13.6. The van der Waals surface area contributed by atoms with E-state index in [1.807, 2.05) is 28.9 Å². The van der Waals surface area contributed by atoms with Crippen LogP contribution in [0.3, 0.4) is 0 Å². The summed E-state index contributed by atoms with van der Waals surface area (Å²) in [4.78, 5) is 0. The maximum absolute atomic E-state index is 11.7. The van der Waals surface area contributed by atoms with Crippen LogP contribution in [-0.4, -0.2) is 34.7 Å². The standard InChI is InChI=1S/C31H40N2O3/c1-23-8-10-25(11-9-23)29-22-30(32-33(29)26-12-14-27(35-2)15-13-26)31(34)19-16-28(17-20-31)36-21-18-24-6-4-3-5-7-24/h8-15,22,24,28,34H,3-7,16-21H2,1-2H3.